The van der Waals surface area contributed by atoms with Gasteiger partial charge < -0.3 is 14.8 Å². The third-order valence-corrected chi connectivity index (χ3v) is 5.25. The number of carbonyl (C=O) groups excluding carboxylic acids is 1. The molecule has 2 fully saturated rings. The number of carbonyl (C=O) groups is 1. The van der Waals surface area contributed by atoms with Crippen LogP contribution < -0.4 is 5.32 Å². The van der Waals surface area contributed by atoms with Crippen molar-refractivity contribution in [3.8, 4) is 0 Å². The lowest BCUT2D eigenvalue weighted by molar-refractivity contribution is -0.179. The number of halogens is 2. The number of nitrogens with one attached hydrogen (secondary N) is 1. The summed E-state index contributed by atoms with van der Waals surface area (Å²) in [5.74, 6) is -0.421. The molecule has 1 aromatic carbocycles. The van der Waals surface area contributed by atoms with E-state index in [2.05, 4.69) is 37.2 Å². The summed E-state index contributed by atoms with van der Waals surface area (Å²) in [6, 6.07) is 5.78. The van der Waals surface area contributed by atoms with Crippen LogP contribution in [0.15, 0.2) is 27.1 Å². The highest BCUT2D eigenvalue weighted by Crippen LogP contribution is 2.35. The largest absolute Gasteiger partial charge is 0.349 e. The van der Waals surface area contributed by atoms with E-state index in [4.69, 9.17) is 9.47 Å². The van der Waals surface area contributed by atoms with Gasteiger partial charge in [0.1, 0.15) is 0 Å². The minimum Gasteiger partial charge on any atom is -0.349 e. The molecule has 2 aliphatic rings. The van der Waals surface area contributed by atoms with Gasteiger partial charge in [0, 0.05) is 27.8 Å². The van der Waals surface area contributed by atoms with Gasteiger partial charge in [-0.15, -0.1) is 0 Å². The fraction of sp³-hybridized carbons (Fsp3) is 0.533. The van der Waals surface area contributed by atoms with Gasteiger partial charge in [0.05, 0.1) is 18.8 Å². The van der Waals surface area contributed by atoms with E-state index in [0.717, 1.165) is 34.6 Å². The monoisotopic (exact) mass is 417 g/mol. The number of rotatable bonds is 2. The molecule has 0 aromatic heterocycles. The molecule has 1 aromatic rings. The second kappa shape index (κ2) is 6.36. The maximum Gasteiger partial charge on any atom is 0.252 e. The fourth-order valence-electron chi connectivity index (χ4n) is 2.92. The zero-order valence-electron chi connectivity index (χ0n) is 11.5. The van der Waals surface area contributed by atoms with E-state index < -0.39 is 0 Å². The van der Waals surface area contributed by atoms with Crippen molar-refractivity contribution in [2.75, 3.05) is 13.2 Å². The summed E-state index contributed by atoms with van der Waals surface area (Å²) in [7, 11) is 0. The van der Waals surface area contributed by atoms with Crippen molar-refractivity contribution in [1.29, 1.82) is 0 Å². The molecule has 1 saturated heterocycles. The van der Waals surface area contributed by atoms with Gasteiger partial charge in [0.15, 0.2) is 5.79 Å². The number of hydrogen-bond donors (Lipinski definition) is 1. The first kappa shape index (κ1) is 15.5. The van der Waals surface area contributed by atoms with E-state index in [0.29, 0.717) is 18.8 Å². The fourth-order valence-corrected chi connectivity index (χ4v) is 3.71. The van der Waals surface area contributed by atoms with Gasteiger partial charge in [0.25, 0.3) is 5.91 Å². The van der Waals surface area contributed by atoms with Gasteiger partial charge in [-0.2, -0.15) is 0 Å². The normalized spacial score (nSPS) is 21.6. The molecule has 1 saturated carbocycles. The molecular weight excluding hydrogens is 402 g/mol. The average molecular weight is 419 g/mol. The first-order valence-electron chi connectivity index (χ1n) is 7.12. The Morgan fingerprint density at radius 3 is 2.52 bits per heavy atom. The second-order valence-corrected chi connectivity index (χ2v) is 7.25. The van der Waals surface area contributed by atoms with E-state index in [1.165, 1.54) is 0 Å². The van der Waals surface area contributed by atoms with Crippen LogP contribution in [-0.2, 0) is 9.47 Å². The van der Waals surface area contributed by atoms with E-state index >= 15 is 0 Å². The number of benzene rings is 1. The Morgan fingerprint density at radius 1 is 1.19 bits per heavy atom. The highest BCUT2D eigenvalue weighted by molar-refractivity contribution is 9.11. The molecule has 3 rings (SSSR count). The third kappa shape index (κ3) is 3.50. The summed E-state index contributed by atoms with van der Waals surface area (Å²) in [4.78, 5) is 12.4. The predicted octanol–water partition coefficient (Wildman–Crippen LogP) is 3.63. The minimum absolute atomic E-state index is 0.0441. The maximum absolute atomic E-state index is 12.4. The number of amides is 1. The van der Waals surface area contributed by atoms with Crippen LogP contribution in [0.2, 0.25) is 0 Å². The van der Waals surface area contributed by atoms with Crippen LogP contribution in [0.4, 0.5) is 0 Å². The quantitative estimate of drug-likeness (QED) is 0.797. The Kier molecular flexibility index (Phi) is 4.69. The Bertz CT molecular complexity index is 534. The van der Waals surface area contributed by atoms with Gasteiger partial charge in [-0.25, -0.2) is 0 Å². The molecule has 1 aliphatic carbocycles. The van der Waals surface area contributed by atoms with Gasteiger partial charge in [-0.3, -0.25) is 4.79 Å². The van der Waals surface area contributed by atoms with Gasteiger partial charge in [0.2, 0.25) is 0 Å². The molecule has 0 unspecified atom stereocenters. The molecule has 1 N–H and O–H groups in total. The zero-order valence-corrected chi connectivity index (χ0v) is 14.7. The molecular formula is C15H17Br2NO3. The SMILES string of the molecule is O=C(NC1CCC2(CC1)OCCO2)c1cc(Br)ccc1Br. The summed E-state index contributed by atoms with van der Waals surface area (Å²) >= 11 is 6.82. The Hall–Kier alpha value is -0.430. The van der Waals surface area contributed by atoms with E-state index in [9.17, 15) is 4.79 Å². The molecule has 0 bridgehead atoms. The predicted molar refractivity (Wildman–Crippen MR) is 86.2 cm³/mol. The highest BCUT2D eigenvalue weighted by atomic mass is 79.9. The molecule has 1 aliphatic heterocycles. The molecule has 6 heteroatoms. The maximum atomic E-state index is 12.4. The smallest absolute Gasteiger partial charge is 0.252 e. The molecule has 21 heavy (non-hydrogen) atoms. The Morgan fingerprint density at radius 2 is 1.86 bits per heavy atom. The topological polar surface area (TPSA) is 47.6 Å². The van der Waals surface area contributed by atoms with Crippen molar-refractivity contribution in [3.05, 3.63) is 32.7 Å². The van der Waals surface area contributed by atoms with Crippen molar-refractivity contribution in [2.24, 2.45) is 0 Å². The zero-order chi connectivity index (χ0) is 14.9. The van der Waals surface area contributed by atoms with E-state index in [1.807, 2.05) is 18.2 Å². The Balaban J connectivity index is 1.60. The van der Waals surface area contributed by atoms with Gasteiger partial charge >= 0.3 is 0 Å². The van der Waals surface area contributed by atoms with Crippen LogP contribution in [0.1, 0.15) is 36.0 Å². The molecule has 0 radical (unpaired) electrons. The third-order valence-electron chi connectivity index (χ3n) is 4.07. The van der Waals surface area contributed by atoms with E-state index in [1.54, 1.807) is 0 Å². The lowest BCUT2D eigenvalue weighted by atomic mass is 9.90. The summed E-state index contributed by atoms with van der Waals surface area (Å²) in [5, 5.41) is 3.11. The van der Waals surface area contributed by atoms with Crippen molar-refractivity contribution < 1.29 is 14.3 Å². The first-order valence-corrected chi connectivity index (χ1v) is 8.70. The van der Waals surface area contributed by atoms with Crippen LogP contribution in [-0.4, -0.2) is 30.9 Å². The number of hydrogen-bond acceptors (Lipinski definition) is 3. The first-order chi connectivity index (χ1) is 10.1. The molecule has 114 valence electrons. The van der Waals surface area contributed by atoms with Crippen LogP contribution in [0.5, 0.6) is 0 Å². The van der Waals surface area contributed by atoms with Crippen molar-refractivity contribution in [1.82, 2.24) is 5.32 Å². The van der Waals surface area contributed by atoms with Crippen molar-refractivity contribution in [3.63, 3.8) is 0 Å². The molecule has 4 nitrogen and oxygen atoms in total. The second-order valence-electron chi connectivity index (χ2n) is 5.48. The van der Waals surface area contributed by atoms with E-state index in [-0.39, 0.29) is 17.7 Å². The number of ether oxygens (including phenoxy) is 2. The van der Waals surface area contributed by atoms with Crippen LogP contribution >= 0.6 is 31.9 Å². The minimum atomic E-state index is -0.377. The van der Waals surface area contributed by atoms with Crippen LogP contribution in [0.3, 0.4) is 0 Å². The molecule has 1 amide bonds. The van der Waals surface area contributed by atoms with Crippen molar-refractivity contribution in [2.45, 2.75) is 37.5 Å². The van der Waals surface area contributed by atoms with Crippen molar-refractivity contribution >= 4 is 37.8 Å². The summed E-state index contributed by atoms with van der Waals surface area (Å²) in [5.41, 5.74) is 0.651. The lowest BCUT2D eigenvalue weighted by Gasteiger charge is -2.35. The lowest BCUT2D eigenvalue weighted by Crippen LogP contribution is -2.44. The highest BCUT2D eigenvalue weighted by Gasteiger charge is 2.40. The summed E-state index contributed by atoms with van der Waals surface area (Å²) < 4.78 is 13.1. The molecule has 1 spiro atoms. The van der Waals surface area contributed by atoms with Crippen LogP contribution in [0, 0.1) is 0 Å². The van der Waals surface area contributed by atoms with Gasteiger partial charge in [-0.05, 0) is 47.0 Å². The molecule has 1 heterocycles. The van der Waals surface area contributed by atoms with Crippen LogP contribution in [0.25, 0.3) is 0 Å². The Labute approximate surface area is 140 Å². The van der Waals surface area contributed by atoms with Gasteiger partial charge in [-0.1, -0.05) is 15.9 Å². The average Bonchev–Trinajstić information content (AvgIpc) is 2.93. The molecule has 0 atom stereocenters. The summed E-state index contributed by atoms with van der Waals surface area (Å²) in [6.45, 7) is 1.37. The summed E-state index contributed by atoms with van der Waals surface area (Å²) in [6.07, 6.45) is 3.46. The standard InChI is InChI=1S/C15H17Br2NO3/c16-10-1-2-13(17)12(9-10)14(19)18-11-3-5-15(6-4-11)20-7-8-21-15/h1-2,9,11H,3-8H2,(H,18,19).